The number of benzene rings is 6. The number of ether oxygens (including phenoxy) is 4. The molecule has 2 N–H and O–H groups in total. The minimum absolute atomic E-state index is 0.0192. The molecule has 1 fully saturated rings. The number of hydrogen-bond donors (Lipinski definition) is 2. The molecule has 4 atom stereocenters. The van der Waals surface area contributed by atoms with Gasteiger partial charge in [0.15, 0.2) is 0 Å². The normalized spacial score (nSPS) is 17.1. The van der Waals surface area contributed by atoms with Gasteiger partial charge in [-0.05, 0) is 65.2 Å². The molecule has 0 radical (unpaired) electrons. The van der Waals surface area contributed by atoms with Gasteiger partial charge in [-0.15, -0.1) is 0 Å². The summed E-state index contributed by atoms with van der Waals surface area (Å²) in [6.45, 7) is 2.07. The van der Waals surface area contributed by atoms with Crippen LogP contribution in [0, 0.1) is 0 Å². The van der Waals surface area contributed by atoms with Gasteiger partial charge in [0.2, 0.25) is 0 Å². The molecule has 1 aliphatic heterocycles. The Morgan fingerprint density at radius 3 is 1.77 bits per heavy atom. The zero-order valence-corrected chi connectivity index (χ0v) is 38.8. The van der Waals surface area contributed by atoms with Crippen LogP contribution in [0.25, 0.3) is 0 Å². The molecule has 1 aromatic heterocycles. The van der Waals surface area contributed by atoms with E-state index in [9.17, 15) is 19.0 Å². The number of nitrogens with one attached hydrogen (secondary N) is 1. The van der Waals surface area contributed by atoms with Gasteiger partial charge in [-0.25, -0.2) is 4.79 Å². The summed E-state index contributed by atoms with van der Waals surface area (Å²) >= 11 is 0. The number of hydrogen-bond acceptors (Lipinski definition) is 9. The summed E-state index contributed by atoms with van der Waals surface area (Å²) in [5, 5.41) is 4.95. The van der Waals surface area contributed by atoms with Gasteiger partial charge in [0.05, 0.1) is 26.9 Å². The van der Waals surface area contributed by atoms with Crippen molar-refractivity contribution in [3.63, 3.8) is 0 Å². The molecule has 8 rings (SSSR count). The lowest BCUT2D eigenvalue weighted by molar-refractivity contribution is -0.0922. The average Bonchev–Trinajstić information content (AvgIpc) is 3.75. The second kappa shape index (κ2) is 20.4. The van der Waals surface area contributed by atoms with Crippen molar-refractivity contribution in [2.75, 3.05) is 32.3 Å². The average molecular weight is 922 g/mol. The third-order valence-electron chi connectivity index (χ3n) is 12.3. The SMILES string of the molecule is COc1ccc(C(OC[C@H]2O[C@@H](n3ccc(NC(=O)c4ccccc4)nc3=O)C[C@@H]2OP(=O)(O)CC[Si](C)(c2ccccc2)c2ccccc2)(c2ccccc2)c2ccc(OC)cc2)cc1. The van der Waals surface area contributed by atoms with E-state index < -0.39 is 51.3 Å². The van der Waals surface area contributed by atoms with E-state index >= 15 is 0 Å². The highest BCUT2D eigenvalue weighted by molar-refractivity contribution is 7.53. The molecule has 66 heavy (non-hydrogen) atoms. The van der Waals surface area contributed by atoms with Crippen LogP contribution >= 0.6 is 7.60 Å². The van der Waals surface area contributed by atoms with Gasteiger partial charge in [0, 0.05) is 24.3 Å². The minimum Gasteiger partial charge on any atom is -0.497 e. The molecule has 1 unspecified atom stereocenters. The smallest absolute Gasteiger partial charge is 0.351 e. The van der Waals surface area contributed by atoms with E-state index in [2.05, 4.69) is 41.1 Å². The number of methoxy groups -OCH3 is 2. The predicted octanol–water partition coefficient (Wildman–Crippen LogP) is 8.27. The Labute approximate surface area is 385 Å². The standard InChI is InChI=1S/C52H52N3O9PSi/c1-60-42-28-24-40(25-29-42)52(39-18-10-5-11-19-39,41-26-30-43(61-2)31-27-41)62-37-47-46(36-49(63-47)55-33-32-48(54-51(55)57)53-50(56)38-16-8-4-9-17-38)64-65(58,59)34-35-66(3,44-20-12-6-13-21-44)45-22-14-7-15-23-45/h4-33,46-47,49H,34-37H2,1-3H3,(H,58,59)(H,53,54,56,57)/t46-,47+,49+/m0/s1. The summed E-state index contributed by atoms with van der Waals surface area (Å²) in [6.07, 6.45) is -1.53. The summed E-state index contributed by atoms with van der Waals surface area (Å²) in [5.41, 5.74) is 0.828. The second-order valence-corrected chi connectivity index (χ2v) is 22.6. The van der Waals surface area contributed by atoms with Crippen LogP contribution < -0.4 is 30.9 Å². The van der Waals surface area contributed by atoms with Crippen molar-refractivity contribution in [1.82, 2.24) is 9.55 Å². The Morgan fingerprint density at radius 1 is 0.758 bits per heavy atom. The lowest BCUT2D eigenvalue weighted by Crippen LogP contribution is -2.56. The van der Waals surface area contributed by atoms with Crippen molar-refractivity contribution in [3.8, 4) is 11.5 Å². The first kappa shape index (κ1) is 46.1. The zero-order chi connectivity index (χ0) is 46.2. The zero-order valence-electron chi connectivity index (χ0n) is 36.9. The van der Waals surface area contributed by atoms with Gasteiger partial charge in [-0.2, -0.15) is 4.98 Å². The highest BCUT2D eigenvalue weighted by atomic mass is 31.2. The predicted molar refractivity (Wildman–Crippen MR) is 258 cm³/mol. The van der Waals surface area contributed by atoms with Crippen molar-refractivity contribution in [1.29, 1.82) is 0 Å². The Bertz CT molecular complexity index is 2710. The largest absolute Gasteiger partial charge is 0.497 e. The molecule has 0 saturated carbocycles. The van der Waals surface area contributed by atoms with E-state index in [1.807, 2.05) is 115 Å². The highest BCUT2D eigenvalue weighted by Gasteiger charge is 2.46. The molecule has 338 valence electrons. The monoisotopic (exact) mass is 921 g/mol. The fraction of sp³-hybridized carbons (Fsp3) is 0.212. The van der Waals surface area contributed by atoms with Crippen LogP contribution in [0.2, 0.25) is 12.6 Å². The fourth-order valence-electron chi connectivity index (χ4n) is 8.59. The van der Waals surface area contributed by atoms with Crippen molar-refractivity contribution in [2.45, 2.75) is 43.0 Å². The number of carbonyl (C=O) groups is 1. The molecular weight excluding hydrogens is 870 g/mol. The van der Waals surface area contributed by atoms with Crippen LogP contribution in [0.4, 0.5) is 5.82 Å². The highest BCUT2D eigenvalue weighted by Crippen LogP contribution is 2.50. The Balaban J connectivity index is 1.13. The number of carbonyl (C=O) groups excluding carboxylic acids is 1. The molecule has 0 bridgehead atoms. The Morgan fingerprint density at radius 2 is 1.26 bits per heavy atom. The summed E-state index contributed by atoms with van der Waals surface area (Å²) in [4.78, 5) is 42.7. The first-order valence-corrected chi connectivity index (χ1v) is 26.2. The van der Waals surface area contributed by atoms with Crippen LogP contribution in [0.5, 0.6) is 11.5 Å². The van der Waals surface area contributed by atoms with Crippen LogP contribution in [-0.4, -0.2) is 67.6 Å². The minimum atomic E-state index is -4.34. The molecule has 1 amide bonds. The summed E-state index contributed by atoms with van der Waals surface area (Å²) in [6, 6.07) is 55.7. The third-order valence-corrected chi connectivity index (χ3v) is 18.5. The number of aromatic nitrogens is 2. The molecule has 1 aliphatic rings. The Kier molecular flexibility index (Phi) is 14.2. The van der Waals surface area contributed by atoms with E-state index in [4.69, 9.17) is 23.5 Å². The number of anilines is 1. The van der Waals surface area contributed by atoms with Crippen LogP contribution in [0.1, 0.15) is 39.7 Å². The van der Waals surface area contributed by atoms with Crippen molar-refractivity contribution >= 4 is 37.8 Å². The second-order valence-electron chi connectivity index (χ2n) is 16.3. The lowest BCUT2D eigenvalue weighted by Gasteiger charge is -2.37. The molecule has 7 aromatic rings. The van der Waals surface area contributed by atoms with Gasteiger partial charge in [0.1, 0.15) is 43.3 Å². The number of nitrogens with zero attached hydrogens (tertiary/aromatic N) is 2. The topological polar surface area (TPSA) is 147 Å². The molecule has 12 nitrogen and oxygen atoms in total. The van der Waals surface area contributed by atoms with E-state index in [1.54, 1.807) is 44.6 Å². The van der Waals surface area contributed by atoms with Gasteiger partial charge in [-0.3, -0.25) is 13.9 Å². The summed E-state index contributed by atoms with van der Waals surface area (Å²) in [5.74, 6) is 0.961. The third kappa shape index (κ3) is 10.2. The number of rotatable bonds is 18. The van der Waals surface area contributed by atoms with Crippen molar-refractivity contribution in [2.24, 2.45) is 0 Å². The van der Waals surface area contributed by atoms with Crippen molar-refractivity contribution in [3.05, 3.63) is 215 Å². The summed E-state index contributed by atoms with van der Waals surface area (Å²) < 4.78 is 47.1. The molecule has 0 spiro atoms. The fourth-order valence-corrected chi connectivity index (χ4v) is 15.0. The first-order valence-electron chi connectivity index (χ1n) is 21.7. The van der Waals surface area contributed by atoms with Gasteiger partial charge in [0.25, 0.3) is 5.91 Å². The summed E-state index contributed by atoms with van der Waals surface area (Å²) in [7, 11) is -3.66. The molecule has 6 aromatic carbocycles. The maximum absolute atomic E-state index is 14.5. The van der Waals surface area contributed by atoms with Gasteiger partial charge >= 0.3 is 13.3 Å². The molecular formula is C52H52N3O9PSi. The van der Waals surface area contributed by atoms with Crippen LogP contribution in [-0.2, 0) is 24.2 Å². The molecule has 1 saturated heterocycles. The van der Waals surface area contributed by atoms with Gasteiger partial charge in [-0.1, -0.05) is 150 Å². The Hall–Kier alpha value is -6.44. The maximum atomic E-state index is 14.5. The molecule has 14 heteroatoms. The quantitative estimate of drug-likeness (QED) is 0.0490. The van der Waals surface area contributed by atoms with Gasteiger partial charge < -0.3 is 33.7 Å². The van der Waals surface area contributed by atoms with Crippen LogP contribution in [0.15, 0.2) is 187 Å². The van der Waals surface area contributed by atoms with E-state index in [1.165, 1.54) is 16.8 Å². The molecule has 2 heterocycles. The van der Waals surface area contributed by atoms with E-state index in [0.29, 0.717) is 23.1 Å². The molecule has 0 aliphatic carbocycles. The maximum Gasteiger partial charge on any atom is 0.351 e. The lowest BCUT2D eigenvalue weighted by atomic mass is 9.80. The van der Waals surface area contributed by atoms with E-state index in [-0.39, 0.29) is 25.0 Å². The van der Waals surface area contributed by atoms with E-state index in [0.717, 1.165) is 27.1 Å². The van der Waals surface area contributed by atoms with Crippen LogP contribution in [0.3, 0.4) is 0 Å². The number of amides is 1. The first-order chi connectivity index (χ1) is 32.0. The van der Waals surface area contributed by atoms with Crippen molar-refractivity contribution < 1.29 is 37.7 Å².